The summed E-state index contributed by atoms with van der Waals surface area (Å²) >= 11 is 7.34. The van der Waals surface area contributed by atoms with Gasteiger partial charge in [0.25, 0.3) is 5.91 Å². The molecule has 1 aromatic heterocycles. The zero-order chi connectivity index (χ0) is 18.4. The van der Waals surface area contributed by atoms with Gasteiger partial charge in [0.2, 0.25) is 0 Å². The SMILES string of the molecule is COC(=O)c1csc(CN(CCC(C)C)C(=O)c2cccc(Cl)c2)n1. The molecule has 0 saturated carbocycles. The number of hydrogen-bond donors (Lipinski definition) is 0. The molecule has 7 heteroatoms. The first-order valence-electron chi connectivity index (χ1n) is 7.98. The lowest BCUT2D eigenvalue weighted by Crippen LogP contribution is -2.32. The minimum absolute atomic E-state index is 0.0991. The molecule has 0 spiro atoms. The molecule has 0 radical (unpaired) electrons. The van der Waals surface area contributed by atoms with Crippen molar-refractivity contribution in [1.82, 2.24) is 9.88 Å². The number of aromatic nitrogens is 1. The summed E-state index contributed by atoms with van der Waals surface area (Å²) < 4.78 is 4.67. The molecular weight excluding hydrogens is 360 g/mol. The fourth-order valence-electron chi connectivity index (χ4n) is 2.22. The Balaban J connectivity index is 2.19. The van der Waals surface area contributed by atoms with Crippen molar-refractivity contribution in [2.45, 2.75) is 26.8 Å². The van der Waals surface area contributed by atoms with Gasteiger partial charge < -0.3 is 9.64 Å². The van der Waals surface area contributed by atoms with Gasteiger partial charge in [-0.3, -0.25) is 4.79 Å². The standard InChI is InChI=1S/C18H21ClN2O3S/c1-12(2)7-8-21(17(22)13-5-4-6-14(19)9-13)10-16-20-15(11-25-16)18(23)24-3/h4-6,9,11-12H,7-8,10H2,1-3H3. The summed E-state index contributed by atoms with van der Waals surface area (Å²) in [5.41, 5.74) is 0.808. The van der Waals surface area contributed by atoms with Crippen LogP contribution in [0.5, 0.6) is 0 Å². The van der Waals surface area contributed by atoms with Crippen LogP contribution in [0.3, 0.4) is 0 Å². The van der Waals surface area contributed by atoms with Crippen LogP contribution in [0.1, 0.15) is 46.1 Å². The number of nitrogens with zero attached hydrogens (tertiary/aromatic N) is 2. The Morgan fingerprint density at radius 2 is 2.12 bits per heavy atom. The second kappa shape index (κ2) is 8.97. The van der Waals surface area contributed by atoms with Gasteiger partial charge in [0.05, 0.1) is 13.7 Å². The lowest BCUT2D eigenvalue weighted by molar-refractivity contribution is 0.0594. The Bertz CT molecular complexity index is 745. The molecule has 0 fully saturated rings. The van der Waals surface area contributed by atoms with Crippen LogP contribution >= 0.6 is 22.9 Å². The van der Waals surface area contributed by atoms with Crippen LogP contribution in [0.4, 0.5) is 0 Å². The van der Waals surface area contributed by atoms with E-state index in [1.165, 1.54) is 18.4 Å². The minimum atomic E-state index is -0.475. The highest BCUT2D eigenvalue weighted by Crippen LogP contribution is 2.18. The Labute approximate surface area is 156 Å². The number of halogens is 1. The molecule has 1 aromatic carbocycles. The van der Waals surface area contributed by atoms with Gasteiger partial charge >= 0.3 is 5.97 Å². The number of esters is 1. The number of benzene rings is 1. The van der Waals surface area contributed by atoms with Crippen molar-refractivity contribution in [3.8, 4) is 0 Å². The number of amides is 1. The van der Waals surface area contributed by atoms with E-state index < -0.39 is 5.97 Å². The minimum Gasteiger partial charge on any atom is -0.464 e. The zero-order valence-electron chi connectivity index (χ0n) is 14.5. The maximum atomic E-state index is 12.9. The van der Waals surface area contributed by atoms with Crippen molar-refractivity contribution in [3.63, 3.8) is 0 Å². The van der Waals surface area contributed by atoms with Crippen molar-refractivity contribution in [2.24, 2.45) is 5.92 Å². The molecule has 5 nitrogen and oxygen atoms in total. The van der Waals surface area contributed by atoms with E-state index >= 15 is 0 Å². The molecular formula is C18H21ClN2O3S. The number of methoxy groups -OCH3 is 1. The molecule has 0 N–H and O–H groups in total. The maximum Gasteiger partial charge on any atom is 0.357 e. The van der Waals surface area contributed by atoms with Crippen LogP contribution in [-0.4, -0.2) is 35.4 Å². The molecule has 2 rings (SSSR count). The van der Waals surface area contributed by atoms with Gasteiger partial charge in [-0.15, -0.1) is 11.3 Å². The number of carbonyl (C=O) groups excluding carboxylic acids is 2. The highest BCUT2D eigenvalue weighted by atomic mass is 35.5. The lowest BCUT2D eigenvalue weighted by Gasteiger charge is -2.23. The van der Waals surface area contributed by atoms with E-state index in [2.05, 4.69) is 23.6 Å². The van der Waals surface area contributed by atoms with Gasteiger partial charge in [0, 0.05) is 22.5 Å². The summed E-state index contributed by atoms with van der Waals surface area (Å²) in [4.78, 5) is 30.4. The summed E-state index contributed by atoms with van der Waals surface area (Å²) in [6.45, 7) is 5.18. The van der Waals surface area contributed by atoms with E-state index in [1.54, 1.807) is 34.5 Å². The van der Waals surface area contributed by atoms with Gasteiger partial charge in [0.15, 0.2) is 5.69 Å². The van der Waals surface area contributed by atoms with E-state index in [1.807, 2.05) is 0 Å². The van der Waals surface area contributed by atoms with Crippen LogP contribution in [0.15, 0.2) is 29.6 Å². The van der Waals surface area contributed by atoms with Gasteiger partial charge in [0.1, 0.15) is 5.01 Å². The number of thiazole rings is 1. The second-order valence-corrected chi connectivity index (χ2v) is 7.42. The van der Waals surface area contributed by atoms with Crippen molar-refractivity contribution in [3.05, 3.63) is 50.9 Å². The summed E-state index contributed by atoms with van der Waals surface area (Å²) in [7, 11) is 1.32. The van der Waals surface area contributed by atoms with E-state index in [4.69, 9.17) is 11.6 Å². The van der Waals surface area contributed by atoms with Crippen molar-refractivity contribution < 1.29 is 14.3 Å². The fraction of sp³-hybridized carbons (Fsp3) is 0.389. The van der Waals surface area contributed by atoms with Crippen molar-refractivity contribution in [1.29, 1.82) is 0 Å². The van der Waals surface area contributed by atoms with E-state index in [9.17, 15) is 9.59 Å². The fourth-order valence-corrected chi connectivity index (χ4v) is 3.18. The molecule has 134 valence electrons. The Hall–Kier alpha value is -1.92. The molecule has 2 aromatic rings. The zero-order valence-corrected chi connectivity index (χ0v) is 16.1. The average molecular weight is 381 g/mol. The molecule has 0 atom stereocenters. The molecule has 0 bridgehead atoms. The summed E-state index contributed by atoms with van der Waals surface area (Å²) in [6, 6.07) is 6.90. The molecule has 25 heavy (non-hydrogen) atoms. The third-order valence-electron chi connectivity index (χ3n) is 3.61. The first-order chi connectivity index (χ1) is 11.9. The van der Waals surface area contributed by atoms with Crippen LogP contribution in [0.25, 0.3) is 0 Å². The molecule has 0 aliphatic carbocycles. The highest BCUT2D eigenvalue weighted by Gasteiger charge is 2.19. The maximum absolute atomic E-state index is 12.9. The Morgan fingerprint density at radius 1 is 1.36 bits per heavy atom. The van der Waals surface area contributed by atoms with E-state index in [0.29, 0.717) is 34.6 Å². The smallest absolute Gasteiger partial charge is 0.357 e. The summed E-state index contributed by atoms with van der Waals surface area (Å²) in [5.74, 6) is -0.105. The molecule has 1 heterocycles. The number of rotatable bonds is 7. The normalized spacial score (nSPS) is 10.8. The number of carbonyl (C=O) groups is 2. The summed E-state index contributed by atoms with van der Waals surface area (Å²) in [6.07, 6.45) is 0.877. The van der Waals surface area contributed by atoms with Crippen molar-refractivity contribution >= 4 is 34.8 Å². The van der Waals surface area contributed by atoms with Crippen molar-refractivity contribution in [2.75, 3.05) is 13.7 Å². The second-order valence-electron chi connectivity index (χ2n) is 6.04. The van der Waals surface area contributed by atoms with E-state index in [-0.39, 0.29) is 11.6 Å². The third kappa shape index (κ3) is 5.54. The van der Waals surface area contributed by atoms with E-state index in [0.717, 1.165) is 6.42 Å². The summed E-state index contributed by atoms with van der Waals surface area (Å²) in [5, 5.41) is 2.86. The Kier molecular flexibility index (Phi) is 6.96. The van der Waals surface area contributed by atoms with Crippen LogP contribution < -0.4 is 0 Å². The lowest BCUT2D eigenvalue weighted by atomic mass is 10.1. The first-order valence-corrected chi connectivity index (χ1v) is 9.24. The highest BCUT2D eigenvalue weighted by molar-refractivity contribution is 7.09. The average Bonchev–Trinajstić information content (AvgIpc) is 3.05. The molecule has 1 amide bonds. The predicted octanol–water partition coefficient (Wildman–Crippen LogP) is 4.27. The topological polar surface area (TPSA) is 59.5 Å². The van der Waals surface area contributed by atoms with Gasteiger partial charge in [-0.05, 0) is 30.5 Å². The first kappa shape index (κ1) is 19.4. The molecule has 0 saturated heterocycles. The van der Waals surface area contributed by atoms with Crippen LogP contribution in [0, 0.1) is 5.92 Å². The van der Waals surface area contributed by atoms with Crippen LogP contribution in [0.2, 0.25) is 5.02 Å². The molecule has 0 aliphatic heterocycles. The number of ether oxygens (including phenoxy) is 1. The van der Waals surface area contributed by atoms with Gasteiger partial charge in [-0.25, -0.2) is 9.78 Å². The Morgan fingerprint density at radius 3 is 2.76 bits per heavy atom. The molecule has 0 unspecified atom stereocenters. The largest absolute Gasteiger partial charge is 0.464 e. The quantitative estimate of drug-likeness (QED) is 0.673. The predicted molar refractivity (Wildman–Crippen MR) is 99.1 cm³/mol. The number of hydrogen-bond acceptors (Lipinski definition) is 5. The van der Waals surface area contributed by atoms with Gasteiger partial charge in [-0.2, -0.15) is 0 Å². The molecule has 0 aliphatic rings. The third-order valence-corrected chi connectivity index (χ3v) is 4.68. The monoisotopic (exact) mass is 380 g/mol. The van der Waals surface area contributed by atoms with Gasteiger partial charge in [-0.1, -0.05) is 31.5 Å². The van der Waals surface area contributed by atoms with Crippen LogP contribution in [-0.2, 0) is 11.3 Å².